The second-order valence-electron chi connectivity index (χ2n) is 3.28. The fourth-order valence-electron chi connectivity index (χ4n) is 1.07. The van der Waals surface area contributed by atoms with Crippen molar-refractivity contribution >= 4 is 27.2 Å². The number of nitrogens with one attached hydrogen (secondary N) is 1. The molecule has 1 aliphatic heterocycles. The number of morpholine rings is 1. The van der Waals surface area contributed by atoms with E-state index in [1.165, 1.54) is 6.92 Å². The van der Waals surface area contributed by atoms with E-state index in [0.717, 1.165) is 0 Å². The minimum atomic E-state index is -3.50. The molecule has 15 heavy (non-hydrogen) atoms. The molecule has 8 heteroatoms. The van der Waals surface area contributed by atoms with Gasteiger partial charge in [-0.1, -0.05) is 12.2 Å². The molecule has 0 spiro atoms. The summed E-state index contributed by atoms with van der Waals surface area (Å²) in [5, 5.41) is 0.725. The van der Waals surface area contributed by atoms with Crippen molar-refractivity contribution in [2.24, 2.45) is 5.73 Å². The van der Waals surface area contributed by atoms with E-state index >= 15 is 0 Å². The summed E-state index contributed by atoms with van der Waals surface area (Å²) < 4.78 is 28.5. The molecule has 1 fully saturated rings. The largest absolute Gasteiger partial charge is 0.392 e. The molecule has 0 radical (unpaired) electrons. The summed E-state index contributed by atoms with van der Waals surface area (Å²) in [6, 6.07) is 0. The van der Waals surface area contributed by atoms with Crippen molar-refractivity contribution in [1.29, 1.82) is 0 Å². The molecule has 0 aromatic rings. The number of hydrazine groups is 1. The van der Waals surface area contributed by atoms with Gasteiger partial charge in [-0.2, -0.15) is 0 Å². The normalized spacial score (nSPS) is 21.1. The zero-order chi connectivity index (χ0) is 11.5. The number of thiocarbonyl (C=S) groups is 1. The van der Waals surface area contributed by atoms with Gasteiger partial charge in [0.25, 0.3) is 0 Å². The number of sulfonamides is 1. The first kappa shape index (κ1) is 12.8. The van der Waals surface area contributed by atoms with E-state index in [9.17, 15) is 8.42 Å². The molecule has 1 saturated heterocycles. The molecule has 0 amide bonds. The molecule has 0 aromatic carbocycles. The van der Waals surface area contributed by atoms with E-state index in [4.69, 9.17) is 10.5 Å². The monoisotopic (exact) mass is 253 g/mol. The SMILES string of the molecule is CC(C(N)=S)S(=O)(=O)NN1CCOCC1. The molecule has 1 unspecified atom stereocenters. The predicted molar refractivity (Wildman–Crippen MR) is 60.7 cm³/mol. The molecule has 6 nitrogen and oxygen atoms in total. The molecule has 0 bridgehead atoms. The van der Waals surface area contributed by atoms with Gasteiger partial charge < -0.3 is 10.5 Å². The Morgan fingerprint density at radius 3 is 2.53 bits per heavy atom. The molecule has 1 atom stereocenters. The van der Waals surface area contributed by atoms with Crippen molar-refractivity contribution in [2.75, 3.05) is 26.3 Å². The van der Waals surface area contributed by atoms with E-state index < -0.39 is 15.3 Å². The minimum absolute atomic E-state index is 0.0317. The summed E-state index contributed by atoms with van der Waals surface area (Å²) >= 11 is 4.65. The predicted octanol–water partition coefficient (Wildman–Crippen LogP) is -1.17. The van der Waals surface area contributed by atoms with Crippen LogP contribution < -0.4 is 10.6 Å². The third-order valence-corrected chi connectivity index (χ3v) is 4.33. The van der Waals surface area contributed by atoms with Gasteiger partial charge in [-0.05, 0) is 6.92 Å². The summed E-state index contributed by atoms with van der Waals surface area (Å²) in [5.41, 5.74) is 5.30. The minimum Gasteiger partial charge on any atom is -0.392 e. The summed E-state index contributed by atoms with van der Waals surface area (Å²) in [7, 11) is -3.50. The molecular formula is C7H15N3O3S2. The molecular weight excluding hydrogens is 238 g/mol. The van der Waals surface area contributed by atoms with Crippen LogP contribution in [0.15, 0.2) is 0 Å². The molecule has 1 aliphatic rings. The maximum Gasteiger partial charge on any atom is 0.233 e. The van der Waals surface area contributed by atoms with E-state index in [-0.39, 0.29) is 4.99 Å². The Hall–Kier alpha value is -0.280. The van der Waals surface area contributed by atoms with Crippen molar-refractivity contribution < 1.29 is 13.2 Å². The van der Waals surface area contributed by atoms with Crippen molar-refractivity contribution in [3.63, 3.8) is 0 Å². The highest BCUT2D eigenvalue weighted by molar-refractivity contribution is 7.92. The number of nitrogens with zero attached hydrogens (tertiary/aromatic N) is 1. The topological polar surface area (TPSA) is 84.7 Å². The molecule has 0 saturated carbocycles. The van der Waals surface area contributed by atoms with Gasteiger partial charge in [0.2, 0.25) is 10.0 Å². The molecule has 0 aliphatic carbocycles. The molecule has 3 N–H and O–H groups in total. The number of ether oxygens (including phenoxy) is 1. The molecule has 88 valence electrons. The first-order chi connectivity index (χ1) is 6.93. The fraction of sp³-hybridized carbons (Fsp3) is 0.857. The standard InChI is InChI=1S/C7H15N3O3S2/c1-6(7(8)14)15(11,12)9-10-2-4-13-5-3-10/h6,9H,2-5H2,1H3,(H2,8,14). The van der Waals surface area contributed by atoms with Gasteiger partial charge in [-0.25, -0.2) is 13.4 Å². The van der Waals surface area contributed by atoms with Gasteiger partial charge in [0.15, 0.2) is 0 Å². The highest BCUT2D eigenvalue weighted by atomic mass is 32.2. The first-order valence-corrected chi connectivity index (χ1v) is 6.52. The Morgan fingerprint density at radius 1 is 1.53 bits per heavy atom. The van der Waals surface area contributed by atoms with Gasteiger partial charge >= 0.3 is 0 Å². The van der Waals surface area contributed by atoms with Crippen molar-refractivity contribution in [3.8, 4) is 0 Å². The Kier molecular flexibility index (Phi) is 4.41. The van der Waals surface area contributed by atoms with Crippen LogP contribution in [0, 0.1) is 0 Å². The lowest BCUT2D eigenvalue weighted by Crippen LogP contribution is -2.52. The lowest BCUT2D eigenvalue weighted by atomic mass is 10.5. The number of rotatable bonds is 4. The maximum atomic E-state index is 11.7. The summed E-state index contributed by atoms with van der Waals surface area (Å²) in [6.45, 7) is 3.56. The molecule has 1 heterocycles. The lowest BCUT2D eigenvalue weighted by molar-refractivity contribution is 0.0272. The first-order valence-electron chi connectivity index (χ1n) is 4.57. The van der Waals surface area contributed by atoms with Crippen LogP contribution in [-0.2, 0) is 14.8 Å². The average molecular weight is 253 g/mol. The fourth-order valence-corrected chi connectivity index (χ4v) is 2.45. The highest BCUT2D eigenvalue weighted by Crippen LogP contribution is 2.02. The van der Waals surface area contributed by atoms with E-state index in [2.05, 4.69) is 17.0 Å². The zero-order valence-electron chi connectivity index (χ0n) is 8.47. The third-order valence-electron chi connectivity index (χ3n) is 2.13. The van der Waals surface area contributed by atoms with Gasteiger partial charge in [0.05, 0.1) is 18.2 Å². The van der Waals surface area contributed by atoms with Crippen LogP contribution in [0.1, 0.15) is 6.92 Å². The van der Waals surface area contributed by atoms with Gasteiger partial charge in [-0.3, -0.25) is 0 Å². The summed E-state index contributed by atoms with van der Waals surface area (Å²) in [5.74, 6) is 0. The van der Waals surface area contributed by atoms with E-state index in [1.807, 2.05) is 0 Å². The van der Waals surface area contributed by atoms with Crippen LogP contribution in [-0.4, -0.2) is 50.0 Å². The highest BCUT2D eigenvalue weighted by Gasteiger charge is 2.26. The van der Waals surface area contributed by atoms with E-state index in [0.29, 0.717) is 26.3 Å². The van der Waals surface area contributed by atoms with E-state index in [1.54, 1.807) is 5.01 Å². The van der Waals surface area contributed by atoms with Crippen LogP contribution in [0.25, 0.3) is 0 Å². The van der Waals surface area contributed by atoms with Crippen LogP contribution in [0.5, 0.6) is 0 Å². The second kappa shape index (κ2) is 5.17. The van der Waals surface area contributed by atoms with Crippen LogP contribution >= 0.6 is 12.2 Å². The zero-order valence-corrected chi connectivity index (χ0v) is 10.1. The summed E-state index contributed by atoms with van der Waals surface area (Å²) in [6.07, 6.45) is 0. The van der Waals surface area contributed by atoms with Crippen LogP contribution in [0.4, 0.5) is 0 Å². The Balaban J connectivity index is 2.58. The van der Waals surface area contributed by atoms with Gasteiger partial charge in [0, 0.05) is 13.1 Å². The molecule has 0 aromatic heterocycles. The number of hydrogen-bond donors (Lipinski definition) is 2. The quantitative estimate of drug-likeness (QED) is 0.614. The van der Waals surface area contributed by atoms with Crippen molar-refractivity contribution in [2.45, 2.75) is 12.2 Å². The van der Waals surface area contributed by atoms with Crippen LogP contribution in [0.3, 0.4) is 0 Å². The van der Waals surface area contributed by atoms with Crippen molar-refractivity contribution in [3.05, 3.63) is 0 Å². The molecule has 1 rings (SSSR count). The third kappa shape index (κ3) is 3.65. The Labute approximate surface area is 94.8 Å². The van der Waals surface area contributed by atoms with Crippen LogP contribution in [0.2, 0.25) is 0 Å². The summed E-state index contributed by atoms with van der Waals surface area (Å²) in [4.78, 5) is 2.40. The Morgan fingerprint density at radius 2 is 2.07 bits per heavy atom. The number of hydrogen-bond acceptors (Lipinski definition) is 5. The Bertz CT molecular complexity index is 324. The van der Waals surface area contributed by atoms with Crippen molar-refractivity contribution in [1.82, 2.24) is 9.84 Å². The maximum absolute atomic E-state index is 11.7. The second-order valence-corrected chi connectivity index (χ2v) is 5.73. The van der Waals surface area contributed by atoms with Gasteiger partial charge in [0.1, 0.15) is 5.25 Å². The lowest BCUT2D eigenvalue weighted by Gasteiger charge is -2.27. The number of nitrogens with two attached hydrogens (primary N) is 1. The smallest absolute Gasteiger partial charge is 0.233 e. The van der Waals surface area contributed by atoms with Gasteiger partial charge in [-0.15, -0.1) is 4.83 Å². The average Bonchev–Trinajstić information content (AvgIpc) is 2.17.